The minimum atomic E-state index is -0.285. The standard InChI is InChI=1S/C25H22N2O2/c28-24(15-20-16-29-23-14-19-10-6-9-18(19)13-21(20)23)27-25(17-7-2-1-3-8-17)22-11-4-5-12-26-22/h1-5,7-8,11-14,16,25H,6,9-10,15H2,(H,27,28). The molecule has 1 unspecified atom stereocenters. The minimum absolute atomic E-state index is 0.0484. The van der Waals surface area contributed by atoms with Gasteiger partial charge in [0.1, 0.15) is 5.58 Å². The maximum Gasteiger partial charge on any atom is 0.225 e. The topological polar surface area (TPSA) is 55.1 Å². The highest BCUT2D eigenvalue weighted by Crippen LogP contribution is 2.30. The summed E-state index contributed by atoms with van der Waals surface area (Å²) >= 11 is 0. The van der Waals surface area contributed by atoms with Crippen LogP contribution in [-0.4, -0.2) is 10.9 Å². The van der Waals surface area contributed by atoms with Gasteiger partial charge in [-0.3, -0.25) is 9.78 Å². The van der Waals surface area contributed by atoms with Gasteiger partial charge in [-0.25, -0.2) is 0 Å². The molecule has 0 saturated heterocycles. The zero-order chi connectivity index (χ0) is 19.6. The summed E-state index contributed by atoms with van der Waals surface area (Å²) < 4.78 is 5.76. The van der Waals surface area contributed by atoms with Gasteiger partial charge in [-0.2, -0.15) is 0 Å². The van der Waals surface area contributed by atoms with Gasteiger partial charge in [0.25, 0.3) is 0 Å². The number of hydrogen-bond donors (Lipinski definition) is 1. The van der Waals surface area contributed by atoms with Crippen molar-refractivity contribution in [2.45, 2.75) is 31.7 Å². The highest BCUT2D eigenvalue weighted by molar-refractivity contribution is 5.89. The fraction of sp³-hybridized carbons (Fsp3) is 0.200. The lowest BCUT2D eigenvalue weighted by Gasteiger charge is -2.18. The molecule has 2 aromatic carbocycles. The Morgan fingerprint density at radius 1 is 1.03 bits per heavy atom. The molecule has 4 aromatic rings. The molecule has 1 amide bonds. The van der Waals surface area contributed by atoms with Crippen LogP contribution in [0.1, 0.15) is 40.4 Å². The third-order valence-electron chi connectivity index (χ3n) is 5.64. The van der Waals surface area contributed by atoms with E-state index in [-0.39, 0.29) is 18.4 Å². The summed E-state index contributed by atoms with van der Waals surface area (Å²) in [6, 6.07) is 19.8. The first-order chi connectivity index (χ1) is 14.3. The number of hydrogen-bond acceptors (Lipinski definition) is 3. The molecule has 29 heavy (non-hydrogen) atoms. The fourth-order valence-electron chi connectivity index (χ4n) is 4.19. The lowest BCUT2D eigenvalue weighted by Crippen LogP contribution is -2.31. The molecule has 0 saturated carbocycles. The van der Waals surface area contributed by atoms with Crippen LogP contribution in [0.15, 0.2) is 77.5 Å². The predicted octanol–water partition coefficient (Wildman–Crippen LogP) is 4.76. The highest BCUT2D eigenvalue weighted by Gasteiger charge is 2.20. The van der Waals surface area contributed by atoms with Crippen LogP contribution < -0.4 is 5.32 Å². The van der Waals surface area contributed by atoms with Gasteiger partial charge < -0.3 is 9.73 Å². The van der Waals surface area contributed by atoms with E-state index in [2.05, 4.69) is 22.4 Å². The normalized spacial score (nSPS) is 13.9. The SMILES string of the molecule is O=C(Cc1coc2cc3c(cc12)CCC3)NC(c1ccccc1)c1ccccn1. The van der Waals surface area contributed by atoms with Crippen LogP contribution in [-0.2, 0) is 24.1 Å². The van der Waals surface area contributed by atoms with Gasteiger partial charge in [-0.1, -0.05) is 36.4 Å². The molecule has 2 heterocycles. The van der Waals surface area contributed by atoms with Crippen LogP contribution in [0.5, 0.6) is 0 Å². The van der Waals surface area contributed by atoms with Gasteiger partial charge in [0.15, 0.2) is 0 Å². The van der Waals surface area contributed by atoms with Crippen molar-refractivity contribution in [1.82, 2.24) is 10.3 Å². The lowest BCUT2D eigenvalue weighted by atomic mass is 10.0. The van der Waals surface area contributed by atoms with Crippen LogP contribution in [0.2, 0.25) is 0 Å². The van der Waals surface area contributed by atoms with E-state index in [1.807, 2.05) is 48.5 Å². The quantitative estimate of drug-likeness (QED) is 0.541. The number of furan rings is 1. The van der Waals surface area contributed by atoms with Crippen molar-refractivity contribution in [3.63, 3.8) is 0 Å². The van der Waals surface area contributed by atoms with Gasteiger partial charge in [-0.15, -0.1) is 0 Å². The molecule has 144 valence electrons. The molecule has 1 aliphatic rings. The molecular weight excluding hydrogens is 360 g/mol. The van der Waals surface area contributed by atoms with Crippen LogP contribution >= 0.6 is 0 Å². The third kappa shape index (κ3) is 3.54. The molecule has 0 radical (unpaired) electrons. The number of nitrogens with zero attached hydrogens (tertiary/aromatic N) is 1. The van der Waals surface area contributed by atoms with Crippen molar-refractivity contribution in [3.8, 4) is 0 Å². The average Bonchev–Trinajstić information content (AvgIpc) is 3.38. The van der Waals surface area contributed by atoms with Gasteiger partial charge in [0, 0.05) is 17.1 Å². The Morgan fingerprint density at radius 3 is 2.62 bits per heavy atom. The Bertz CT molecular complexity index is 1110. The van der Waals surface area contributed by atoms with E-state index in [4.69, 9.17) is 4.42 Å². The minimum Gasteiger partial charge on any atom is -0.464 e. The number of pyridine rings is 1. The first-order valence-corrected chi connectivity index (χ1v) is 10.0. The monoisotopic (exact) mass is 382 g/mol. The number of rotatable bonds is 5. The number of carbonyl (C=O) groups is 1. The zero-order valence-electron chi connectivity index (χ0n) is 16.1. The summed E-state index contributed by atoms with van der Waals surface area (Å²) in [6.07, 6.45) is 7.17. The van der Waals surface area contributed by atoms with E-state index in [1.165, 1.54) is 17.5 Å². The summed E-state index contributed by atoms with van der Waals surface area (Å²) in [5.74, 6) is -0.0484. The number of aryl methyl sites for hydroxylation is 2. The number of nitrogens with one attached hydrogen (secondary N) is 1. The summed E-state index contributed by atoms with van der Waals surface area (Å²) in [5, 5.41) is 4.21. The van der Waals surface area contributed by atoms with Crippen molar-refractivity contribution >= 4 is 16.9 Å². The second-order valence-electron chi connectivity index (χ2n) is 7.57. The lowest BCUT2D eigenvalue weighted by molar-refractivity contribution is -0.120. The second kappa shape index (κ2) is 7.55. The van der Waals surface area contributed by atoms with Crippen LogP contribution in [0.3, 0.4) is 0 Å². The molecule has 2 aromatic heterocycles. The predicted molar refractivity (Wildman–Crippen MR) is 113 cm³/mol. The molecule has 4 heteroatoms. The molecule has 0 bridgehead atoms. The molecule has 4 nitrogen and oxygen atoms in total. The number of carbonyl (C=O) groups excluding carboxylic acids is 1. The van der Waals surface area contributed by atoms with E-state index in [0.29, 0.717) is 0 Å². The van der Waals surface area contributed by atoms with E-state index in [9.17, 15) is 4.79 Å². The molecule has 1 N–H and O–H groups in total. The summed E-state index contributed by atoms with van der Waals surface area (Å²) in [5.41, 5.74) is 6.40. The zero-order valence-corrected chi connectivity index (χ0v) is 16.1. The Kier molecular flexibility index (Phi) is 4.60. The highest BCUT2D eigenvalue weighted by atomic mass is 16.3. The van der Waals surface area contributed by atoms with Crippen molar-refractivity contribution < 1.29 is 9.21 Å². The Balaban J connectivity index is 1.41. The Labute approximate surface area is 169 Å². The molecule has 0 spiro atoms. The van der Waals surface area contributed by atoms with E-state index >= 15 is 0 Å². The third-order valence-corrected chi connectivity index (χ3v) is 5.64. The Morgan fingerprint density at radius 2 is 1.83 bits per heavy atom. The molecule has 5 rings (SSSR count). The van der Waals surface area contributed by atoms with E-state index in [0.717, 1.165) is 40.6 Å². The first kappa shape index (κ1) is 17.7. The second-order valence-corrected chi connectivity index (χ2v) is 7.57. The first-order valence-electron chi connectivity index (χ1n) is 10.0. The Hall–Kier alpha value is -3.40. The fourth-order valence-corrected chi connectivity index (χ4v) is 4.19. The van der Waals surface area contributed by atoms with Gasteiger partial charge in [0.2, 0.25) is 5.91 Å². The summed E-state index contributed by atoms with van der Waals surface area (Å²) in [6.45, 7) is 0. The van der Waals surface area contributed by atoms with Crippen LogP contribution in [0.25, 0.3) is 11.0 Å². The average molecular weight is 382 g/mol. The molecule has 0 fully saturated rings. The van der Waals surface area contributed by atoms with Crippen LogP contribution in [0.4, 0.5) is 0 Å². The summed E-state index contributed by atoms with van der Waals surface area (Å²) in [4.78, 5) is 17.4. The largest absolute Gasteiger partial charge is 0.464 e. The van der Waals surface area contributed by atoms with Gasteiger partial charge >= 0.3 is 0 Å². The molecular formula is C25H22N2O2. The smallest absolute Gasteiger partial charge is 0.225 e. The van der Waals surface area contributed by atoms with Gasteiger partial charge in [0.05, 0.1) is 24.4 Å². The van der Waals surface area contributed by atoms with Crippen molar-refractivity contribution in [3.05, 3.63) is 101 Å². The van der Waals surface area contributed by atoms with Crippen molar-refractivity contribution in [2.24, 2.45) is 0 Å². The summed E-state index contributed by atoms with van der Waals surface area (Å²) in [7, 11) is 0. The maximum absolute atomic E-state index is 13.0. The van der Waals surface area contributed by atoms with Crippen molar-refractivity contribution in [2.75, 3.05) is 0 Å². The van der Waals surface area contributed by atoms with E-state index in [1.54, 1.807) is 12.5 Å². The van der Waals surface area contributed by atoms with Gasteiger partial charge in [-0.05, 0) is 60.2 Å². The van der Waals surface area contributed by atoms with E-state index < -0.39 is 0 Å². The van der Waals surface area contributed by atoms with Crippen LogP contribution in [0, 0.1) is 0 Å². The van der Waals surface area contributed by atoms with Crippen molar-refractivity contribution in [1.29, 1.82) is 0 Å². The molecule has 0 aliphatic heterocycles. The maximum atomic E-state index is 13.0. The number of amides is 1. The molecule has 1 aliphatic carbocycles. The number of aromatic nitrogens is 1. The number of benzene rings is 2. The molecule has 1 atom stereocenters. The number of fused-ring (bicyclic) bond motifs is 2.